The van der Waals surface area contributed by atoms with Gasteiger partial charge in [0.25, 0.3) is 0 Å². The van der Waals surface area contributed by atoms with E-state index in [0.717, 1.165) is 13.1 Å². The largest absolute Gasteiger partial charge is 0.394 e. The van der Waals surface area contributed by atoms with Crippen molar-refractivity contribution in [3.8, 4) is 0 Å². The molecule has 2 N–H and O–H groups in total. The molecule has 1 aliphatic carbocycles. The van der Waals surface area contributed by atoms with E-state index < -0.39 is 0 Å². The molecule has 3 heteroatoms. The summed E-state index contributed by atoms with van der Waals surface area (Å²) >= 11 is 0. The first kappa shape index (κ1) is 16.9. The average Bonchev–Trinajstić information content (AvgIpc) is 3.21. The molecule has 1 rings (SSSR count). The molecule has 0 bridgehead atoms. The molecule has 0 aromatic rings. The third-order valence-corrected chi connectivity index (χ3v) is 4.68. The van der Waals surface area contributed by atoms with Gasteiger partial charge in [-0.15, -0.1) is 0 Å². The van der Waals surface area contributed by atoms with E-state index in [0.29, 0.717) is 17.9 Å². The Morgan fingerprint density at radius 1 is 1.26 bits per heavy atom. The van der Waals surface area contributed by atoms with Crippen LogP contribution in [0.1, 0.15) is 53.4 Å². The molecule has 3 nitrogen and oxygen atoms in total. The Bertz CT molecular complexity index is 243. The van der Waals surface area contributed by atoms with Crippen molar-refractivity contribution < 1.29 is 5.11 Å². The van der Waals surface area contributed by atoms with Crippen molar-refractivity contribution in [2.45, 2.75) is 65.0 Å². The highest BCUT2D eigenvalue weighted by atomic mass is 16.3. The number of hydrogen-bond donors (Lipinski definition) is 2. The molecule has 1 aliphatic rings. The van der Waals surface area contributed by atoms with E-state index in [-0.39, 0.29) is 12.1 Å². The topological polar surface area (TPSA) is 35.5 Å². The van der Waals surface area contributed by atoms with Crippen molar-refractivity contribution in [2.75, 3.05) is 26.7 Å². The van der Waals surface area contributed by atoms with Gasteiger partial charge >= 0.3 is 0 Å². The molecule has 1 unspecified atom stereocenters. The molecular weight excluding hydrogens is 236 g/mol. The third-order valence-electron chi connectivity index (χ3n) is 4.68. The summed E-state index contributed by atoms with van der Waals surface area (Å²) in [6, 6.07) is 0.639. The highest BCUT2D eigenvalue weighted by Crippen LogP contribution is 2.40. The summed E-state index contributed by atoms with van der Waals surface area (Å²) in [4.78, 5) is 2.61. The third kappa shape index (κ3) is 4.44. The van der Waals surface area contributed by atoms with Gasteiger partial charge in [-0.3, -0.25) is 4.90 Å². The zero-order valence-electron chi connectivity index (χ0n) is 13.6. The molecule has 19 heavy (non-hydrogen) atoms. The zero-order chi connectivity index (χ0) is 14.5. The van der Waals surface area contributed by atoms with Gasteiger partial charge in [0.05, 0.1) is 12.1 Å². The Kier molecular flexibility index (Phi) is 6.78. The molecule has 0 amide bonds. The van der Waals surface area contributed by atoms with E-state index >= 15 is 0 Å². The van der Waals surface area contributed by atoms with Crippen molar-refractivity contribution in [2.24, 2.45) is 11.8 Å². The number of aliphatic hydroxyl groups is 1. The number of rotatable bonds is 10. The molecule has 0 saturated heterocycles. The second-order valence-corrected chi connectivity index (χ2v) is 6.63. The fraction of sp³-hybridized carbons (Fsp3) is 1.00. The summed E-state index contributed by atoms with van der Waals surface area (Å²) in [6.45, 7) is 11.5. The second kappa shape index (κ2) is 7.61. The van der Waals surface area contributed by atoms with Crippen molar-refractivity contribution in [3.05, 3.63) is 0 Å². The van der Waals surface area contributed by atoms with E-state index in [1.807, 2.05) is 7.05 Å². The minimum atomic E-state index is -0.0858. The molecule has 0 spiro atoms. The predicted octanol–water partition coefficient (Wildman–Crippen LogP) is 2.49. The monoisotopic (exact) mass is 270 g/mol. The van der Waals surface area contributed by atoms with Crippen LogP contribution in [0.3, 0.4) is 0 Å². The van der Waals surface area contributed by atoms with E-state index in [9.17, 15) is 5.11 Å². The average molecular weight is 270 g/mol. The predicted molar refractivity (Wildman–Crippen MR) is 82.4 cm³/mol. The Morgan fingerprint density at radius 3 is 2.16 bits per heavy atom. The Labute approximate surface area is 119 Å². The zero-order valence-corrected chi connectivity index (χ0v) is 13.6. The van der Waals surface area contributed by atoms with Gasteiger partial charge in [0.15, 0.2) is 0 Å². The fourth-order valence-electron chi connectivity index (χ4n) is 3.29. The normalized spacial score (nSPS) is 19.4. The molecule has 1 atom stereocenters. The first-order valence-electron chi connectivity index (χ1n) is 8.06. The van der Waals surface area contributed by atoms with Gasteiger partial charge in [0.2, 0.25) is 0 Å². The van der Waals surface area contributed by atoms with Gasteiger partial charge in [0, 0.05) is 19.1 Å². The van der Waals surface area contributed by atoms with Gasteiger partial charge in [-0.2, -0.15) is 0 Å². The van der Waals surface area contributed by atoms with Crippen LogP contribution in [0.15, 0.2) is 0 Å². The Balaban J connectivity index is 2.78. The Morgan fingerprint density at radius 2 is 1.84 bits per heavy atom. The maximum atomic E-state index is 9.91. The van der Waals surface area contributed by atoms with Crippen LogP contribution in [0.2, 0.25) is 0 Å². The summed E-state index contributed by atoms with van der Waals surface area (Å²) < 4.78 is 0. The van der Waals surface area contributed by atoms with Gasteiger partial charge in [-0.05, 0) is 44.6 Å². The smallest absolute Gasteiger partial charge is 0.0628 e. The number of hydrogen-bond acceptors (Lipinski definition) is 3. The van der Waals surface area contributed by atoms with Crippen molar-refractivity contribution in [3.63, 3.8) is 0 Å². The van der Waals surface area contributed by atoms with Gasteiger partial charge < -0.3 is 10.4 Å². The number of aliphatic hydroxyl groups excluding tert-OH is 1. The molecule has 0 radical (unpaired) electrons. The molecular formula is C16H34N2O. The van der Waals surface area contributed by atoms with Crippen LogP contribution in [0.5, 0.6) is 0 Å². The molecule has 0 heterocycles. The lowest BCUT2D eigenvalue weighted by atomic mass is 9.91. The van der Waals surface area contributed by atoms with E-state index in [2.05, 4.69) is 37.9 Å². The van der Waals surface area contributed by atoms with Crippen LogP contribution in [0, 0.1) is 11.8 Å². The first-order valence-corrected chi connectivity index (χ1v) is 8.06. The standard InChI is InChI=1S/C16H34N2O/c1-6-15(7-2)18(10-13(3)4)11-16(12-19,17-5)14-8-9-14/h13-15,17,19H,6-12H2,1-5H3. The van der Waals surface area contributed by atoms with Crippen LogP contribution in [-0.4, -0.2) is 48.3 Å². The lowest BCUT2D eigenvalue weighted by molar-refractivity contribution is 0.0648. The van der Waals surface area contributed by atoms with Crippen LogP contribution in [0.4, 0.5) is 0 Å². The van der Waals surface area contributed by atoms with Crippen molar-refractivity contribution >= 4 is 0 Å². The van der Waals surface area contributed by atoms with Crippen LogP contribution in [0.25, 0.3) is 0 Å². The number of nitrogens with one attached hydrogen (secondary N) is 1. The number of nitrogens with zero attached hydrogens (tertiary/aromatic N) is 1. The highest BCUT2D eigenvalue weighted by molar-refractivity contribution is 5.02. The van der Waals surface area contributed by atoms with Gasteiger partial charge in [-0.25, -0.2) is 0 Å². The molecule has 0 aromatic carbocycles. The molecule has 0 aromatic heterocycles. The second-order valence-electron chi connectivity index (χ2n) is 6.63. The lowest BCUT2D eigenvalue weighted by Crippen LogP contribution is -2.58. The Hall–Kier alpha value is -0.120. The summed E-state index contributed by atoms with van der Waals surface area (Å²) in [5.41, 5.74) is -0.0858. The quantitative estimate of drug-likeness (QED) is 0.640. The van der Waals surface area contributed by atoms with E-state index in [1.54, 1.807) is 0 Å². The summed E-state index contributed by atoms with van der Waals surface area (Å²) in [7, 11) is 2.01. The molecule has 1 fully saturated rings. The summed E-state index contributed by atoms with van der Waals surface area (Å²) in [5, 5.41) is 13.4. The van der Waals surface area contributed by atoms with Crippen LogP contribution in [-0.2, 0) is 0 Å². The molecule has 114 valence electrons. The van der Waals surface area contributed by atoms with E-state index in [4.69, 9.17) is 0 Å². The SMILES string of the molecule is CCC(CC)N(CC(C)C)CC(CO)(NC)C1CC1. The van der Waals surface area contributed by atoms with Gasteiger partial charge in [0.1, 0.15) is 0 Å². The number of likely N-dealkylation sites (N-methyl/N-ethyl adjacent to an activating group) is 1. The minimum absolute atomic E-state index is 0.0858. The maximum absolute atomic E-state index is 9.91. The van der Waals surface area contributed by atoms with Crippen LogP contribution >= 0.6 is 0 Å². The molecule has 1 saturated carbocycles. The lowest BCUT2D eigenvalue weighted by Gasteiger charge is -2.41. The van der Waals surface area contributed by atoms with Crippen molar-refractivity contribution in [1.82, 2.24) is 10.2 Å². The minimum Gasteiger partial charge on any atom is -0.394 e. The van der Waals surface area contributed by atoms with Crippen molar-refractivity contribution in [1.29, 1.82) is 0 Å². The summed E-state index contributed by atoms with van der Waals surface area (Å²) in [5.74, 6) is 1.33. The van der Waals surface area contributed by atoms with E-state index in [1.165, 1.54) is 25.7 Å². The highest BCUT2D eigenvalue weighted by Gasteiger charge is 2.45. The fourth-order valence-corrected chi connectivity index (χ4v) is 3.29. The molecule has 0 aliphatic heterocycles. The van der Waals surface area contributed by atoms with Gasteiger partial charge in [-0.1, -0.05) is 27.7 Å². The first-order chi connectivity index (χ1) is 9.02. The maximum Gasteiger partial charge on any atom is 0.0628 e. The van der Waals surface area contributed by atoms with Crippen LogP contribution < -0.4 is 5.32 Å². The summed E-state index contributed by atoms with van der Waals surface area (Å²) in [6.07, 6.45) is 4.91.